The monoisotopic (exact) mass is 382 g/mol. The third kappa shape index (κ3) is 5.12. The normalized spacial score (nSPS) is 10.8. The molecule has 9 heteroatoms. The van der Waals surface area contributed by atoms with E-state index in [-0.39, 0.29) is 24.1 Å². The summed E-state index contributed by atoms with van der Waals surface area (Å²) in [7, 11) is 0. The number of esters is 2. The van der Waals surface area contributed by atoms with Crippen molar-refractivity contribution in [1.82, 2.24) is 9.55 Å². The number of nitrogens with zero attached hydrogens (tertiary/aromatic N) is 2. The first-order valence-corrected chi connectivity index (χ1v) is 9.33. The van der Waals surface area contributed by atoms with E-state index in [9.17, 15) is 14.4 Å². The predicted octanol–water partition coefficient (Wildman–Crippen LogP) is 1.99. The Kier molecular flexibility index (Phi) is 7.73. The van der Waals surface area contributed by atoms with Crippen LogP contribution in [-0.4, -0.2) is 47.9 Å². The molecule has 8 nitrogen and oxygen atoms in total. The predicted molar refractivity (Wildman–Crippen MR) is 96.5 cm³/mol. The number of unbranched alkanes of at least 4 members (excludes halogenated alkanes) is 1. The summed E-state index contributed by atoms with van der Waals surface area (Å²) in [6.07, 6.45) is 2.93. The number of rotatable bonds is 10. The summed E-state index contributed by atoms with van der Waals surface area (Å²) in [5.41, 5.74) is -0.293. The van der Waals surface area contributed by atoms with Crippen LogP contribution in [0.5, 0.6) is 0 Å². The first-order chi connectivity index (χ1) is 12.6. The van der Waals surface area contributed by atoms with Crippen LogP contribution in [-0.2, 0) is 25.5 Å². The molecule has 0 saturated heterocycles. The van der Waals surface area contributed by atoms with Crippen LogP contribution in [0, 0.1) is 0 Å². The Morgan fingerprint density at radius 2 is 2.00 bits per heavy atom. The van der Waals surface area contributed by atoms with Crippen molar-refractivity contribution in [1.29, 1.82) is 0 Å². The molecule has 0 aliphatic rings. The molecule has 0 saturated carbocycles. The summed E-state index contributed by atoms with van der Waals surface area (Å²) in [6, 6.07) is 0. The first-order valence-electron chi connectivity index (χ1n) is 8.45. The highest BCUT2D eigenvalue weighted by molar-refractivity contribution is 7.17. The molecule has 2 aromatic heterocycles. The SMILES string of the molecule is CCCCOC(=O)c1csc2ncn(CC(=O)OCCOCC)c(=O)c12. The van der Waals surface area contributed by atoms with Gasteiger partial charge in [-0.1, -0.05) is 13.3 Å². The lowest BCUT2D eigenvalue weighted by atomic mass is 10.2. The lowest BCUT2D eigenvalue weighted by Crippen LogP contribution is -2.27. The van der Waals surface area contributed by atoms with Crippen LogP contribution in [0.3, 0.4) is 0 Å². The number of fused-ring (bicyclic) bond motifs is 1. The third-order valence-corrected chi connectivity index (χ3v) is 4.39. The van der Waals surface area contributed by atoms with Gasteiger partial charge >= 0.3 is 11.9 Å². The zero-order valence-corrected chi connectivity index (χ0v) is 15.7. The lowest BCUT2D eigenvalue weighted by molar-refractivity contribution is -0.145. The molecular weight excluding hydrogens is 360 g/mol. The summed E-state index contributed by atoms with van der Waals surface area (Å²) in [5.74, 6) is -1.13. The molecule has 0 amide bonds. The van der Waals surface area contributed by atoms with Gasteiger partial charge in [-0.05, 0) is 13.3 Å². The Bertz CT molecular complexity index is 813. The number of carbonyl (C=O) groups excluding carboxylic acids is 2. The van der Waals surface area contributed by atoms with Gasteiger partial charge in [0.15, 0.2) is 0 Å². The minimum absolute atomic E-state index is 0.116. The maximum atomic E-state index is 12.6. The van der Waals surface area contributed by atoms with Gasteiger partial charge in [-0.25, -0.2) is 9.78 Å². The smallest absolute Gasteiger partial charge is 0.339 e. The van der Waals surface area contributed by atoms with E-state index in [2.05, 4.69) is 4.98 Å². The fourth-order valence-corrected chi connectivity index (χ4v) is 3.03. The molecule has 2 rings (SSSR count). The van der Waals surface area contributed by atoms with Crippen molar-refractivity contribution in [2.75, 3.05) is 26.4 Å². The molecular formula is C17H22N2O6S. The standard InChI is InChI=1S/C17H22N2O6S/c1-3-5-6-25-17(22)12-10-26-15-14(12)16(21)19(11-18-15)9-13(20)24-8-7-23-4-2/h10-11H,3-9H2,1-2H3. The van der Waals surface area contributed by atoms with Gasteiger partial charge < -0.3 is 14.2 Å². The Balaban J connectivity index is 2.13. The van der Waals surface area contributed by atoms with Crippen LogP contribution in [0.15, 0.2) is 16.5 Å². The maximum absolute atomic E-state index is 12.6. The quantitative estimate of drug-likeness (QED) is 0.458. The molecule has 0 aliphatic heterocycles. The van der Waals surface area contributed by atoms with Gasteiger partial charge in [-0.15, -0.1) is 11.3 Å². The molecule has 26 heavy (non-hydrogen) atoms. The van der Waals surface area contributed by atoms with E-state index in [0.717, 1.165) is 17.4 Å². The van der Waals surface area contributed by atoms with Gasteiger partial charge in [0.2, 0.25) is 0 Å². The molecule has 0 aromatic carbocycles. The summed E-state index contributed by atoms with van der Waals surface area (Å²) in [4.78, 5) is 41.2. The Morgan fingerprint density at radius 1 is 1.19 bits per heavy atom. The zero-order valence-electron chi connectivity index (χ0n) is 14.9. The molecule has 2 heterocycles. The number of ether oxygens (including phenoxy) is 3. The topological polar surface area (TPSA) is 96.7 Å². The highest BCUT2D eigenvalue weighted by Crippen LogP contribution is 2.21. The average molecular weight is 382 g/mol. The first kappa shape index (κ1) is 20.1. The van der Waals surface area contributed by atoms with Gasteiger partial charge in [0.25, 0.3) is 5.56 Å². The molecule has 0 atom stereocenters. The molecule has 0 fully saturated rings. The second-order valence-electron chi connectivity index (χ2n) is 5.41. The van der Waals surface area contributed by atoms with Crippen LogP contribution in [0.1, 0.15) is 37.0 Å². The van der Waals surface area contributed by atoms with Crippen molar-refractivity contribution in [3.63, 3.8) is 0 Å². The third-order valence-electron chi connectivity index (χ3n) is 3.51. The fourth-order valence-electron chi connectivity index (χ4n) is 2.16. The molecule has 0 unspecified atom stereocenters. The van der Waals surface area contributed by atoms with Gasteiger partial charge in [-0.3, -0.25) is 14.2 Å². The van der Waals surface area contributed by atoms with Crippen LogP contribution >= 0.6 is 11.3 Å². The summed E-state index contributed by atoms with van der Waals surface area (Å²) < 4.78 is 16.4. The van der Waals surface area contributed by atoms with Crippen LogP contribution in [0.2, 0.25) is 0 Å². The second-order valence-corrected chi connectivity index (χ2v) is 6.27. The molecule has 0 spiro atoms. The van der Waals surface area contributed by atoms with Crippen molar-refractivity contribution in [2.24, 2.45) is 0 Å². The minimum Gasteiger partial charge on any atom is -0.462 e. The number of thiophene rings is 1. The van der Waals surface area contributed by atoms with Crippen molar-refractivity contribution >= 4 is 33.5 Å². The number of aromatic nitrogens is 2. The molecule has 142 valence electrons. The van der Waals surface area contributed by atoms with Gasteiger partial charge in [0.1, 0.15) is 18.0 Å². The number of carbonyl (C=O) groups is 2. The summed E-state index contributed by atoms with van der Waals surface area (Å²) in [6.45, 7) is 4.79. The van der Waals surface area contributed by atoms with Crippen molar-refractivity contribution in [3.05, 3.63) is 27.6 Å². The summed E-state index contributed by atoms with van der Waals surface area (Å²) >= 11 is 1.18. The van der Waals surface area contributed by atoms with Gasteiger partial charge in [0, 0.05) is 12.0 Å². The van der Waals surface area contributed by atoms with E-state index in [4.69, 9.17) is 14.2 Å². The average Bonchev–Trinajstić information content (AvgIpc) is 3.06. The van der Waals surface area contributed by atoms with E-state index in [1.54, 1.807) is 5.38 Å². The molecule has 0 radical (unpaired) electrons. The number of hydrogen-bond acceptors (Lipinski definition) is 8. The Labute approximate surface area is 154 Å². The van der Waals surface area contributed by atoms with E-state index in [1.165, 1.54) is 17.7 Å². The highest BCUT2D eigenvalue weighted by atomic mass is 32.1. The summed E-state index contributed by atoms with van der Waals surface area (Å²) in [5, 5.41) is 1.72. The van der Waals surface area contributed by atoms with Crippen molar-refractivity contribution in [2.45, 2.75) is 33.2 Å². The Morgan fingerprint density at radius 3 is 2.73 bits per heavy atom. The minimum atomic E-state index is -0.574. The molecule has 0 N–H and O–H groups in total. The Hall–Kier alpha value is -2.26. The van der Waals surface area contributed by atoms with Crippen LogP contribution in [0.4, 0.5) is 0 Å². The number of hydrogen-bond donors (Lipinski definition) is 0. The largest absolute Gasteiger partial charge is 0.462 e. The van der Waals surface area contributed by atoms with E-state index >= 15 is 0 Å². The fraction of sp³-hybridized carbons (Fsp3) is 0.529. The highest BCUT2D eigenvalue weighted by Gasteiger charge is 2.19. The van der Waals surface area contributed by atoms with Crippen LogP contribution < -0.4 is 5.56 Å². The molecule has 2 aromatic rings. The van der Waals surface area contributed by atoms with Gasteiger partial charge in [-0.2, -0.15) is 0 Å². The maximum Gasteiger partial charge on any atom is 0.339 e. The van der Waals surface area contributed by atoms with Crippen molar-refractivity contribution in [3.8, 4) is 0 Å². The molecule has 0 bridgehead atoms. The van der Waals surface area contributed by atoms with E-state index in [1.807, 2.05) is 13.8 Å². The van der Waals surface area contributed by atoms with Gasteiger partial charge in [0.05, 0.1) is 30.5 Å². The second kappa shape index (κ2) is 10.0. The zero-order chi connectivity index (χ0) is 18.9. The molecule has 0 aliphatic carbocycles. The van der Waals surface area contributed by atoms with E-state index in [0.29, 0.717) is 24.7 Å². The lowest BCUT2D eigenvalue weighted by Gasteiger charge is -2.07. The van der Waals surface area contributed by atoms with Crippen LogP contribution in [0.25, 0.3) is 10.2 Å². The van der Waals surface area contributed by atoms with Crippen molar-refractivity contribution < 1.29 is 23.8 Å². The van der Waals surface area contributed by atoms with E-state index < -0.39 is 17.5 Å².